The summed E-state index contributed by atoms with van der Waals surface area (Å²) in [6.07, 6.45) is 5.91. The number of aromatic nitrogens is 2. The fourth-order valence-corrected chi connectivity index (χ4v) is 3.19. The van der Waals surface area contributed by atoms with Gasteiger partial charge in [-0.25, -0.2) is 4.57 Å². The van der Waals surface area contributed by atoms with Gasteiger partial charge in [0.1, 0.15) is 7.05 Å². The predicted octanol–water partition coefficient (Wildman–Crippen LogP) is 4.70. The van der Waals surface area contributed by atoms with Crippen LogP contribution in [0.5, 0.6) is 0 Å². The summed E-state index contributed by atoms with van der Waals surface area (Å²) in [5, 5.41) is 2.48. The van der Waals surface area contributed by atoms with Crippen molar-refractivity contribution in [2.24, 2.45) is 7.05 Å². The molecule has 0 fully saturated rings. The quantitative estimate of drug-likeness (QED) is 0.490. The van der Waals surface area contributed by atoms with Gasteiger partial charge in [0.25, 0.3) is 0 Å². The first kappa shape index (κ1) is 14.6. The van der Waals surface area contributed by atoms with Gasteiger partial charge < -0.3 is 0 Å². The van der Waals surface area contributed by atoms with Gasteiger partial charge in [0.2, 0.25) is 5.69 Å². The second kappa shape index (κ2) is 5.89. The molecule has 2 heteroatoms. The van der Waals surface area contributed by atoms with Crippen LogP contribution in [0.2, 0.25) is 0 Å². The second-order valence-electron chi connectivity index (χ2n) is 6.17. The van der Waals surface area contributed by atoms with Gasteiger partial charge in [0.15, 0.2) is 6.20 Å². The zero-order valence-corrected chi connectivity index (χ0v) is 13.9. The molecule has 0 saturated carbocycles. The summed E-state index contributed by atoms with van der Waals surface area (Å²) in [4.78, 5) is 4.23. The normalized spacial score (nSPS) is 10.9. The van der Waals surface area contributed by atoms with E-state index in [2.05, 4.69) is 84.3 Å². The van der Waals surface area contributed by atoms with Crippen molar-refractivity contribution in [3.8, 4) is 22.4 Å². The molecule has 0 unspecified atom stereocenters. The van der Waals surface area contributed by atoms with E-state index in [4.69, 9.17) is 0 Å². The molecule has 2 aromatic heterocycles. The molecule has 2 heterocycles. The van der Waals surface area contributed by atoms with Crippen LogP contribution in [0.1, 0.15) is 5.56 Å². The minimum absolute atomic E-state index is 1.14. The van der Waals surface area contributed by atoms with Crippen LogP contribution in [0.4, 0.5) is 0 Å². The van der Waals surface area contributed by atoms with E-state index in [-0.39, 0.29) is 0 Å². The molecule has 2 aromatic carbocycles. The van der Waals surface area contributed by atoms with Gasteiger partial charge in [0, 0.05) is 35.0 Å². The lowest BCUT2D eigenvalue weighted by molar-refractivity contribution is -0.659. The minimum Gasteiger partial charge on any atom is -0.264 e. The fraction of sp³-hybridized carbons (Fsp3) is 0.0909. The van der Waals surface area contributed by atoms with E-state index in [1.165, 1.54) is 33.2 Å². The summed E-state index contributed by atoms with van der Waals surface area (Å²) in [7, 11) is 2.11. The average molecular weight is 311 g/mol. The molecule has 0 saturated heterocycles. The molecule has 4 aromatic rings. The number of benzene rings is 2. The zero-order valence-electron chi connectivity index (χ0n) is 13.9. The maximum absolute atomic E-state index is 4.23. The Morgan fingerprint density at radius 2 is 1.71 bits per heavy atom. The third-order valence-corrected chi connectivity index (χ3v) is 4.51. The highest BCUT2D eigenvalue weighted by atomic mass is 14.9. The lowest BCUT2D eigenvalue weighted by Crippen LogP contribution is -2.30. The topological polar surface area (TPSA) is 16.8 Å². The second-order valence-corrected chi connectivity index (χ2v) is 6.17. The van der Waals surface area contributed by atoms with Gasteiger partial charge in [-0.1, -0.05) is 30.3 Å². The first-order valence-corrected chi connectivity index (χ1v) is 8.12. The lowest BCUT2D eigenvalue weighted by atomic mass is 10.00. The number of nitrogens with zero attached hydrogens (tertiary/aromatic N) is 2. The van der Waals surface area contributed by atoms with E-state index in [0.717, 1.165) is 5.56 Å². The molecular weight excluding hydrogens is 292 g/mol. The van der Waals surface area contributed by atoms with Crippen molar-refractivity contribution < 1.29 is 4.57 Å². The summed E-state index contributed by atoms with van der Waals surface area (Å²) in [5.41, 5.74) is 6.12. The maximum atomic E-state index is 4.23. The Labute approximate surface area is 142 Å². The van der Waals surface area contributed by atoms with Crippen LogP contribution in [0, 0.1) is 6.92 Å². The van der Waals surface area contributed by atoms with Gasteiger partial charge >= 0.3 is 0 Å². The fourth-order valence-electron chi connectivity index (χ4n) is 3.19. The Balaban J connectivity index is 1.91. The molecule has 0 N–H and O–H groups in total. The Morgan fingerprint density at radius 3 is 2.50 bits per heavy atom. The smallest absolute Gasteiger partial charge is 0.213 e. The van der Waals surface area contributed by atoms with E-state index < -0.39 is 0 Å². The Bertz CT molecular complexity index is 1020. The highest BCUT2D eigenvalue weighted by molar-refractivity contribution is 5.88. The van der Waals surface area contributed by atoms with Crippen LogP contribution in [0.3, 0.4) is 0 Å². The molecule has 2 nitrogen and oxygen atoms in total. The van der Waals surface area contributed by atoms with E-state index in [1.54, 1.807) is 6.20 Å². The summed E-state index contributed by atoms with van der Waals surface area (Å²) < 4.78 is 2.20. The van der Waals surface area contributed by atoms with Crippen molar-refractivity contribution in [2.75, 3.05) is 0 Å². The predicted molar refractivity (Wildman–Crippen MR) is 98.5 cm³/mol. The van der Waals surface area contributed by atoms with Gasteiger partial charge in [-0.05, 0) is 47.7 Å². The lowest BCUT2D eigenvalue weighted by Gasteiger charge is -2.07. The van der Waals surface area contributed by atoms with Gasteiger partial charge in [-0.15, -0.1) is 0 Å². The van der Waals surface area contributed by atoms with Crippen LogP contribution in [-0.4, -0.2) is 4.98 Å². The molecule has 24 heavy (non-hydrogen) atoms. The highest BCUT2D eigenvalue weighted by Gasteiger charge is 2.14. The van der Waals surface area contributed by atoms with Crippen molar-refractivity contribution in [1.29, 1.82) is 0 Å². The van der Waals surface area contributed by atoms with Crippen molar-refractivity contribution in [3.05, 3.63) is 84.8 Å². The minimum atomic E-state index is 1.14. The number of hydrogen-bond donors (Lipinski definition) is 0. The van der Waals surface area contributed by atoms with Crippen molar-refractivity contribution in [3.63, 3.8) is 0 Å². The Kier molecular flexibility index (Phi) is 3.58. The van der Waals surface area contributed by atoms with E-state index in [9.17, 15) is 0 Å². The molecule has 0 aliphatic carbocycles. The summed E-state index contributed by atoms with van der Waals surface area (Å²) in [6, 6.07) is 21.5. The van der Waals surface area contributed by atoms with Crippen molar-refractivity contribution >= 4 is 10.8 Å². The van der Waals surface area contributed by atoms with Crippen LogP contribution in [-0.2, 0) is 7.05 Å². The molecule has 4 rings (SSSR count). The number of hydrogen-bond acceptors (Lipinski definition) is 1. The first-order valence-electron chi connectivity index (χ1n) is 8.12. The zero-order chi connectivity index (χ0) is 16.5. The van der Waals surface area contributed by atoms with Crippen LogP contribution < -0.4 is 4.57 Å². The number of rotatable bonds is 2. The van der Waals surface area contributed by atoms with Crippen LogP contribution >= 0.6 is 0 Å². The van der Waals surface area contributed by atoms with Crippen molar-refractivity contribution in [1.82, 2.24) is 4.98 Å². The van der Waals surface area contributed by atoms with E-state index in [0.29, 0.717) is 0 Å². The molecule has 0 bridgehead atoms. The third-order valence-electron chi connectivity index (χ3n) is 4.51. The van der Waals surface area contributed by atoms with Gasteiger partial charge in [-0.2, -0.15) is 0 Å². The Morgan fingerprint density at radius 1 is 0.833 bits per heavy atom. The molecule has 0 aliphatic heterocycles. The SMILES string of the molecule is Cc1ccccc1-c1cc2cc(-c3cccnc3)ccc2c[n+]1C. The highest BCUT2D eigenvalue weighted by Crippen LogP contribution is 2.27. The molecule has 0 aliphatic rings. The number of pyridine rings is 2. The molecule has 0 radical (unpaired) electrons. The summed E-state index contributed by atoms with van der Waals surface area (Å²) in [6.45, 7) is 2.16. The largest absolute Gasteiger partial charge is 0.264 e. The monoisotopic (exact) mass is 311 g/mol. The standard InChI is InChI=1S/C22H19N2/c1-16-6-3-4-8-21(16)22-13-20-12-17(18-7-5-11-23-14-18)9-10-19(20)15-24(22)2/h3-15H,1-2H3/q+1. The van der Waals surface area contributed by atoms with Gasteiger partial charge in [-0.3, -0.25) is 4.98 Å². The van der Waals surface area contributed by atoms with E-state index >= 15 is 0 Å². The number of aryl methyl sites for hydroxylation is 2. The molecule has 0 spiro atoms. The molecule has 0 atom stereocenters. The van der Waals surface area contributed by atoms with Crippen LogP contribution in [0.15, 0.2) is 79.3 Å². The molecular formula is C22H19N2+. The Hall–Kier alpha value is -3.00. The summed E-state index contributed by atoms with van der Waals surface area (Å²) in [5.74, 6) is 0. The van der Waals surface area contributed by atoms with Crippen molar-refractivity contribution in [2.45, 2.75) is 6.92 Å². The average Bonchev–Trinajstić information content (AvgIpc) is 2.62. The van der Waals surface area contributed by atoms with Crippen LogP contribution in [0.25, 0.3) is 33.2 Å². The van der Waals surface area contributed by atoms with E-state index in [1.807, 2.05) is 12.3 Å². The number of fused-ring (bicyclic) bond motifs is 1. The third kappa shape index (κ3) is 2.56. The maximum Gasteiger partial charge on any atom is 0.213 e. The summed E-state index contributed by atoms with van der Waals surface area (Å²) >= 11 is 0. The molecule has 116 valence electrons. The molecule has 0 amide bonds. The first-order chi connectivity index (χ1) is 11.7. The van der Waals surface area contributed by atoms with Gasteiger partial charge in [0.05, 0.1) is 0 Å².